The molecule has 7 heteroatoms. The summed E-state index contributed by atoms with van der Waals surface area (Å²) in [5.74, 6) is -1.54. The van der Waals surface area contributed by atoms with Gasteiger partial charge in [0.05, 0.1) is 16.6 Å². The van der Waals surface area contributed by atoms with E-state index in [-0.39, 0.29) is 5.56 Å². The normalized spacial score (nSPS) is 9.71. The molecule has 0 fully saturated rings. The SMILES string of the molecule is N#Cc1ccc(NC(=O)c2cc(F)ccc2[N+](=O)[O-])cc1. The predicted molar refractivity (Wildman–Crippen MR) is 72.2 cm³/mol. The molecule has 1 amide bonds. The fourth-order valence-corrected chi connectivity index (χ4v) is 1.68. The topological polar surface area (TPSA) is 96.0 Å². The Morgan fingerprint density at radius 1 is 1.24 bits per heavy atom. The van der Waals surface area contributed by atoms with E-state index in [4.69, 9.17) is 5.26 Å². The Morgan fingerprint density at radius 2 is 1.90 bits per heavy atom. The summed E-state index contributed by atoms with van der Waals surface area (Å²) < 4.78 is 13.2. The Kier molecular flexibility index (Phi) is 3.90. The molecule has 0 atom stereocenters. The van der Waals surface area contributed by atoms with Crippen molar-refractivity contribution in [1.82, 2.24) is 0 Å². The van der Waals surface area contributed by atoms with Gasteiger partial charge >= 0.3 is 0 Å². The number of nitrogens with zero attached hydrogens (tertiary/aromatic N) is 2. The molecular formula is C14H8FN3O3. The molecule has 1 N–H and O–H groups in total. The molecule has 0 spiro atoms. The van der Waals surface area contributed by atoms with E-state index >= 15 is 0 Å². The summed E-state index contributed by atoms with van der Waals surface area (Å²) in [4.78, 5) is 22.1. The fourth-order valence-electron chi connectivity index (χ4n) is 1.68. The number of carbonyl (C=O) groups excluding carboxylic acids is 1. The van der Waals surface area contributed by atoms with Gasteiger partial charge in [-0.05, 0) is 36.4 Å². The number of nitrogens with one attached hydrogen (secondary N) is 1. The van der Waals surface area contributed by atoms with Crippen molar-refractivity contribution >= 4 is 17.3 Å². The van der Waals surface area contributed by atoms with Crippen molar-refractivity contribution in [2.24, 2.45) is 0 Å². The minimum absolute atomic E-state index is 0.345. The number of nitriles is 1. The van der Waals surface area contributed by atoms with E-state index in [1.54, 1.807) is 0 Å². The Bertz CT molecular complexity index is 751. The van der Waals surface area contributed by atoms with E-state index in [9.17, 15) is 19.3 Å². The maximum Gasteiger partial charge on any atom is 0.282 e. The zero-order valence-electron chi connectivity index (χ0n) is 10.5. The number of anilines is 1. The van der Waals surface area contributed by atoms with E-state index in [2.05, 4.69) is 5.32 Å². The maximum absolute atomic E-state index is 13.2. The second kappa shape index (κ2) is 5.79. The van der Waals surface area contributed by atoms with Crippen molar-refractivity contribution in [3.8, 4) is 6.07 Å². The van der Waals surface area contributed by atoms with Crippen LogP contribution in [0, 0.1) is 27.3 Å². The fraction of sp³-hybridized carbons (Fsp3) is 0. The van der Waals surface area contributed by atoms with E-state index < -0.39 is 22.3 Å². The molecule has 0 aromatic heterocycles. The highest BCUT2D eigenvalue weighted by molar-refractivity contribution is 6.07. The number of carbonyl (C=O) groups is 1. The Hall–Kier alpha value is -3.27. The monoisotopic (exact) mass is 285 g/mol. The molecular weight excluding hydrogens is 277 g/mol. The molecule has 0 unspecified atom stereocenters. The van der Waals surface area contributed by atoms with Gasteiger partial charge in [0.25, 0.3) is 11.6 Å². The van der Waals surface area contributed by atoms with Gasteiger partial charge in [-0.15, -0.1) is 0 Å². The summed E-state index contributed by atoms with van der Waals surface area (Å²) in [6.07, 6.45) is 0. The van der Waals surface area contributed by atoms with Crippen LogP contribution in [0.15, 0.2) is 42.5 Å². The average molecular weight is 285 g/mol. The lowest BCUT2D eigenvalue weighted by molar-refractivity contribution is -0.385. The number of rotatable bonds is 3. The van der Waals surface area contributed by atoms with E-state index in [1.165, 1.54) is 24.3 Å². The second-order valence-corrected chi connectivity index (χ2v) is 4.06. The van der Waals surface area contributed by atoms with Crippen LogP contribution >= 0.6 is 0 Å². The van der Waals surface area contributed by atoms with Gasteiger partial charge in [-0.2, -0.15) is 5.26 Å². The summed E-state index contributed by atoms with van der Waals surface area (Å²) in [7, 11) is 0. The van der Waals surface area contributed by atoms with Crippen LogP contribution < -0.4 is 5.32 Å². The van der Waals surface area contributed by atoms with Crippen LogP contribution in [0.25, 0.3) is 0 Å². The molecule has 0 radical (unpaired) electrons. The number of amides is 1. The van der Waals surface area contributed by atoms with Gasteiger partial charge in [0.2, 0.25) is 0 Å². The molecule has 104 valence electrons. The third-order valence-electron chi connectivity index (χ3n) is 2.67. The average Bonchev–Trinajstić information content (AvgIpc) is 2.47. The smallest absolute Gasteiger partial charge is 0.282 e. The van der Waals surface area contributed by atoms with Crippen LogP contribution in [0.5, 0.6) is 0 Å². The summed E-state index contributed by atoms with van der Waals surface area (Å²) in [6.45, 7) is 0. The number of nitro groups is 1. The Labute approximate surface area is 118 Å². The molecule has 21 heavy (non-hydrogen) atoms. The van der Waals surface area contributed by atoms with Crippen molar-refractivity contribution in [1.29, 1.82) is 5.26 Å². The molecule has 0 aliphatic carbocycles. The van der Waals surface area contributed by atoms with E-state index in [0.29, 0.717) is 11.3 Å². The standard InChI is InChI=1S/C14H8FN3O3/c15-10-3-6-13(18(20)21)12(7-10)14(19)17-11-4-1-9(8-16)2-5-11/h1-7H,(H,17,19). The lowest BCUT2D eigenvalue weighted by Gasteiger charge is -2.06. The highest BCUT2D eigenvalue weighted by atomic mass is 19.1. The zero-order chi connectivity index (χ0) is 15.4. The van der Waals surface area contributed by atoms with Crippen LogP contribution in [-0.2, 0) is 0 Å². The molecule has 6 nitrogen and oxygen atoms in total. The molecule has 2 aromatic carbocycles. The largest absolute Gasteiger partial charge is 0.322 e. The number of halogens is 1. The van der Waals surface area contributed by atoms with Crippen LogP contribution in [0.3, 0.4) is 0 Å². The molecule has 0 heterocycles. The van der Waals surface area contributed by atoms with Crippen molar-refractivity contribution < 1.29 is 14.1 Å². The summed E-state index contributed by atoms with van der Waals surface area (Å²) in [6, 6.07) is 10.5. The number of hydrogen-bond acceptors (Lipinski definition) is 4. The summed E-state index contributed by atoms with van der Waals surface area (Å²) in [5.41, 5.74) is -0.103. The van der Waals surface area contributed by atoms with Gasteiger partial charge in [0.15, 0.2) is 0 Å². The van der Waals surface area contributed by atoms with Gasteiger partial charge < -0.3 is 5.32 Å². The van der Waals surface area contributed by atoms with Crippen LogP contribution in [0.2, 0.25) is 0 Å². The number of benzene rings is 2. The van der Waals surface area contributed by atoms with Crippen LogP contribution in [0.1, 0.15) is 15.9 Å². The second-order valence-electron chi connectivity index (χ2n) is 4.06. The van der Waals surface area contributed by atoms with Gasteiger partial charge in [0, 0.05) is 11.8 Å². The minimum Gasteiger partial charge on any atom is -0.322 e. The van der Waals surface area contributed by atoms with E-state index in [1.807, 2.05) is 6.07 Å². The first kappa shape index (κ1) is 14.1. The first-order valence-corrected chi connectivity index (χ1v) is 5.76. The molecule has 0 aliphatic heterocycles. The molecule has 0 saturated heterocycles. The highest BCUT2D eigenvalue weighted by Crippen LogP contribution is 2.21. The van der Waals surface area contributed by atoms with Gasteiger partial charge in [0.1, 0.15) is 11.4 Å². The third-order valence-corrected chi connectivity index (χ3v) is 2.67. The van der Waals surface area contributed by atoms with Crippen molar-refractivity contribution in [2.45, 2.75) is 0 Å². The zero-order valence-corrected chi connectivity index (χ0v) is 10.5. The molecule has 2 rings (SSSR count). The quantitative estimate of drug-likeness (QED) is 0.692. The Morgan fingerprint density at radius 3 is 2.48 bits per heavy atom. The Balaban J connectivity index is 2.29. The molecule has 0 saturated carbocycles. The van der Waals surface area contributed by atoms with Crippen LogP contribution in [-0.4, -0.2) is 10.8 Å². The lowest BCUT2D eigenvalue weighted by Crippen LogP contribution is -2.14. The van der Waals surface area contributed by atoms with Crippen molar-refractivity contribution in [3.05, 3.63) is 69.5 Å². The molecule has 0 aliphatic rings. The first-order valence-electron chi connectivity index (χ1n) is 5.76. The maximum atomic E-state index is 13.2. The number of hydrogen-bond donors (Lipinski definition) is 1. The summed E-state index contributed by atoms with van der Waals surface area (Å²) in [5, 5.41) is 21.9. The van der Waals surface area contributed by atoms with Crippen molar-refractivity contribution in [3.63, 3.8) is 0 Å². The minimum atomic E-state index is -0.800. The van der Waals surface area contributed by atoms with Crippen molar-refractivity contribution in [2.75, 3.05) is 5.32 Å². The van der Waals surface area contributed by atoms with E-state index in [0.717, 1.165) is 18.2 Å². The third kappa shape index (κ3) is 3.19. The highest BCUT2D eigenvalue weighted by Gasteiger charge is 2.20. The van der Waals surface area contributed by atoms with Crippen LogP contribution in [0.4, 0.5) is 15.8 Å². The van der Waals surface area contributed by atoms with Gasteiger partial charge in [-0.1, -0.05) is 0 Å². The number of nitro benzene ring substituents is 1. The molecule has 0 bridgehead atoms. The van der Waals surface area contributed by atoms with Gasteiger partial charge in [-0.3, -0.25) is 14.9 Å². The first-order chi connectivity index (χ1) is 10.0. The van der Waals surface area contributed by atoms with Gasteiger partial charge in [-0.25, -0.2) is 4.39 Å². The predicted octanol–water partition coefficient (Wildman–Crippen LogP) is 2.86. The molecule has 2 aromatic rings. The lowest BCUT2D eigenvalue weighted by atomic mass is 10.1. The summed E-state index contributed by atoms with van der Waals surface area (Å²) >= 11 is 0.